The van der Waals surface area contributed by atoms with E-state index >= 15 is 0 Å². The highest BCUT2D eigenvalue weighted by atomic mass is 16.6. The van der Waals surface area contributed by atoms with Crippen molar-refractivity contribution in [1.29, 1.82) is 0 Å². The number of nitrogens with one attached hydrogen (secondary N) is 2. The van der Waals surface area contributed by atoms with Crippen molar-refractivity contribution < 1.29 is 14.4 Å². The molecule has 1 atom stereocenters. The van der Waals surface area contributed by atoms with Crippen LogP contribution in [0.3, 0.4) is 0 Å². The molecule has 5 nitrogen and oxygen atoms in total. The molecule has 1 aromatic carbocycles. The summed E-state index contributed by atoms with van der Waals surface area (Å²) in [5, 5.41) is 2.74. The van der Waals surface area contributed by atoms with Crippen molar-refractivity contribution in [3.8, 4) is 0 Å². The normalized spacial score (nSPS) is 12.9. The van der Waals surface area contributed by atoms with Gasteiger partial charge in [0, 0.05) is 5.56 Å². The molecule has 0 bridgehead atoms. The number of hydrogen-bond acceptors (Lipinski definition) is 3. The average molecular weight is 306 g/mol. The van der Waals surface area contributed by atoms with Gasteiger partial charge in [-0.3, -0.25) is 14.4 Å². The molecule has 0 aliphatic carbocycles. The van der Waals surface area contributed by atoms with Gasteiger partial charge in [-0.2, -0.15) is 0 Å². The highest BCUT2D eigenvalue weighted by molar-refractivity contribution is 5.97. The smallest absolute Gasteiger partial charge is 0.266 e. The SMILES string of the molecule is CONC(=O)[C@H](NC(=O)c1ccc(C(C)(C)C)cc1)C(C)C. The second-order valence-electron chi connectivity index (χ2n) is 6.69. The number of hydroxylamine groups is 1. The first-order chi connectivity index (χ1) is 10.2. The van der Waals surface area contributed by atoms with Crippen molar-refractivity contribution in [2.45, 2.75) is 46.1 Å². The monoisotopic (exact) mass is 306 g/mol. The lowest BCUT2D eigenvalue weighted by molar-refractivity contribution is -0.134. The molecule has 1 rings (SSSR count). The summed E-state index contributed by atoms with van der Waals surface area (Å²) in [6.07, 6.45) is 0. The van der Waals surface area contributed by atoms with Crippen molar-refractivity contribution in [3.05, 3.63) is 35.4 Å². The molecule has 2 amide bonds. The molecular weight excluding hydrogens is 280 g/mol. The number of hydrogen-bond donors (Lipinski definition) is 2. The van der Waals surface area contributed by atoms with Gasteiger partial charge in [-0.05, 0) is 29.0 Å². The van der Waals surface area contributed by atoms with Crippen LogP contribution in [0.2, 0.25) is 0 Å². The predicted molar refractivity (Wildman–Crippen MR) is 86.4 cm³/mol. The first kappa shape index (κ1) is 18.2. The minimum absolute atomic E-state index is 0.0355. The average Bonchev–Trinajstić information content (AvgIpc) is 2.43. The summed E-state index contributed by atoms with van der Waals surface area (Å²) < 4.78 is 0. The minimum atomic E-state index is -0.644. The summed E-state index contributed by atoms with van der Waals surface area (Å²) >= 11 is 0. The number of benzene rings is 1. The predicted octanol–water partition coefficient (Wildman–Crippen LogP) is 2.42. The summed E-state index contributed by atoms with van der Waals surface area (Å²) in [5.74, 6) is -0.685. The van der Waals surface area contributed by atoms with Crippen LogP contribution in [-0.4, -0.2) is 25.0 Å². The Morgan fingerprint density at radius 3 is 2.05 bits per heavy atom. The zero-order valence-electron chi connectivity index (χ0n) is 14.2. The van der Waals surface area contributed by atoms with Crippen molar-refractivity contribution in [2.24, 2.45) is 5.92 Å². The first-order valence-electron chi connectivity index (χ1n) is 7.41. The summed E-state index contributed by atoms with van der Waals surface area (Å²) in [6.45, 7) is 10.1. The molecule has 122 valence electrons. The Morgan fingerprint density at radius 2 is 1.64 bits per heavy atom. The lowest BCUT2D eigenvalue weighted by Gasteiger charge is -2.22. The maximum Gasteiger partial charge on any atom is 0.266 e. The highest BCUT2D eigenvalue weighted by Gasteiger charge is 2.25. The lowest BCUT2D eigenvalue weighted by atomic mass is 9.86. The third kappa shape index (κ3) is 4.84. The van der Waals surface area contributed by atoms with Crippen LogP contribution >= 0.6 is 0 Å². The van der Waals surface area contributed by atoms with Crippen molar-refractivity contribution in [2.75, 3.05) is 7.11 Å². The Balaban J connectivity index is 2.84. The van der Waals surface area contributed by atoms with Gasteiger partial charge in [0.2, 0.25) is 0 Å². The van der Waals surface area contributed by atoms with Gasteiger partial charge in [0.25, 0.3) is 11.8 Å². The van der Waals surface area contributed by atoms with Gasteiger partial charge in [-0.15, -0.1) is 0 Å². The first-order valence-corrected chi connectivity index (χ1v) is 7.41. The molecule has 0 radical (unpaired) electrons. The standard InChI is InChI=1S/C17H26N2O3/c1-11(2)14(16(21)19-22-6)18-15(20)12-7-9-13(10-8-12)17(3,4)5/h7-11,14H,1-6H3,(H,18,20)(H,19,21)/t14-/m1/s1. The summed E-state index contributed by atoms with van der Waals surface area (Å²) in [7, 11) is 1.36. The van der Waals surface area contributed by atoms with Crippen LogP contribution in [0.15, 0.2) is 24.3 Å². The van der Waals surface area contributed by atoms with E-state index in [9.17, 15) is 9.59 Å². The Morgan fingerprint density at radius 1 is 1.09 bits per heavy atom. The van der Waals surface area contributed by atoms with Gasteiger partial charge < -0.3 is 5.32 Å². The second kappa shape index (κ2) is 7.40. The van der Waals surface area contributed by atoms with Crippen molar-refractivity contribution >= 4 is 11.8 Å². The molecule has 0 heterocycles. The van der Waals surface area contributed by atoms with E-state index in [-0.39, 0.29) is 23.1 Å². The molecule has 0 saturated heterocycles. The van der Waals surface area contributed by atoms with E-state index in [1.54, 1.807) is 12.1 Å². The molecule has 0 aliphatic heterocycles. The van der Waals surface area contributed by atoms with Crippen LogP contribution in [0.1, 0.15) is 50.5 Å². The molecule has 0 fully saturated rings. The minimum Gasteiger partial charge on any atom is -0.340 e. The fraction of sp³-hybridized carbons (Fsp3) is 0.529. The topological polar surface area (TPSA) is 67.4 Å². The summed E-state index contributed by atoms with van der Waals surface area (Å²) in [5.41, 5.74) is 3.98. The molecule has 0 aliphatic rings. The molecule has 1 aromatic rings. The molecule has 22 heavy (non-hydrogen) atoms. The number of amides is 2. The van der Waals surface area contributed by atoms with E-state index in [1.165, 1.54) is 7.11 Å². The van der Waals surface area contributed by atoms with Gasteiger partial charge in [0.1, 0.15) is 6.04 Å². The largest absolute Gasteiger partial charge is 0.340 e. The quantitative estimate of drug-likeness (QED) is 0.821. The maximum absolute atomic E-state index is 12.3. The molecule has 0 spiro atoms. The van der Waals surface area contributed by atoms with Crippen LogP contribution in [-0.2, 0) is 15.0 Å². The molecule has 0 saturated carbocycles. The van der Waals surface area contributed by atoms with Gasteiger partial charge in [-0.25, -0.2) is 5.48 Å². The number of rotatable bonds is 5. The van der Waals surface area contributed by atoms with Crippen molar-refractivity contribution in [1.82, 2.24) is 10.8 Å². The molecule has 0 unspecified atom stereocenters. The fourth-order valence-electron chi connectivity index (χ4n) is 2.05. The molecule has 2 N–H and O–H groups in total. The van der Waals surface area contributed by atoms with Crippen LogP contribution in [0.4, 0.5) is 0 Å². The highest BCUT2D eigenvalue weighted by Crippen LogP contribution is 2.22. The van der Waals surface area contributed by atoms with Crippen LogP contribution < -0.4 is 10.8 Å². The van der Waals surface area contributed by atoms with Gasteiger partial charge >= 0.3 is 0 Å². The fourth-order valence-corrected chi connectivity index (χ4v) is 2.05. The molecular formula is C17H26N2O3. The van der Waals surface area contributed by atoms with Crippen LogP contribution in [0.5, 0.6) is 0 Å². The zero-order chi connectivity index (χ0) is 16.9. The van der Waals surface area contributed by atoms with Gasteiger partial charge in [0.15, 0.2) is 0 Å². The van der Waals surface area contributed by atoms with E-state index in [4.69, 9.17) is 0 Å². The third-order valence-corrected chi connectivity index (χ3v) is 3.45. The Bertz CT molecular complexity index is 516. The van der Waals surface area contributed by atoms with E-state index in [0.29, 0.717) is 5.56 Å². The van der Waals surface area contributed by atoms with E-state index in [0.717, 1.165) is 5.56 Å². The third-order valence-electron chi connectivity index (χ3n) is 3.45. The maximum atomic E-state index is 12.3. The van der Waals surface area contributed by atoms with Crippen molar-refractivity contribution in [3.63, 3.8) is 0 Å². The van der Waals surface area contributed by atoms with E-state index < -0.39 is 6.04 Å². The Kier molecular flexibility index (Phi) is 6.11. The van der Waals surface area contributed by atoms with Gasteiger partial charge in [-0.1, -0.05) is 46.8 Å². The molecule has 5 heteroatoms. The second-order valence-corrected chi connectivity index (χ2v) is 6.69. The Labute approximate surface area is 132 Å². The molecule has 0 aromatic heterocycles. The summed E-state index contributed by atoms with van der Waals surface area (Å²) in [4.78, 5) is 28.8. The lowest BCUT2D eigenvalue weighted by Crippen LogP contribution is -2.49. The Hall–Kier alpha value is -1.88. The van der Waals surface area contributed by atoms with Gasteiger partial charge in [0.05, 0.1) is 7.11 Å². The number of carbonyl (C=O) groups is 2. The van der Waals surface area contributed by atoms with Crippen LogP contribution in [0.25, 0.3) is 0 Å². The number of carbonyl (C=O) groups excluding carboxylic acids is 2. The van der Waals surface area contributed by atoms with E-state index in [2.05, 4.69) is 36.4 Å². The van der Waals surface area contributed by atoms with Crippen LogP contribution in [0, 0.1) is 5.92 Å². The van der Waals surface area contributed by atoms with E-state index in [1.807, 2.05) is 26.0 Å². The zero-order valence-corrected chi connectivity index (χ0v) is 14.2. The summed E-state index contributed by atoms with van der Waals surface area (Å²) in [6, 6.07) is 6.79.